The lowest BCUT2D eigenvalue weighted by Crippen LogP contribution is -2.24. The number of anilines is 1. The van der Waals surface area contributed by atoms with Gasteiger partial charge in [-0.05, 0) is 36.1 Å². The molecule has 0 unspecified atom stereocenters. The standard InChI is InChI=1S/C15H20N/c1-3-10-16(11-4-2)15-9-8-13-6-5-7-14(13)12-15/h5-9,12H,3-4,10-11H2,1-2H3. The van der Waals surface area contributed by atoms with Gasteiger partial charge in [0.15, 0.2) is 0 Å². The summed E-state index contributed by atoms with van der Waals surface area (Å²) in [6, 6.07) is 6.78. The van der Waals surface area contributed by atoms with Crippen LogP contribution in [0.1, 0.15) is 37.8 Å². The highest BCUT2D eigenvalue weighted by atomic mass is 15.1. The molecule has 1 radical (unpaired) electrons. The summed E-state index contributed by atoms with van der Waals surface area (Å²) in [5.74, 6) is 0. The highest BCUT2D eigenvalue weighted by Gasteiger charge is 2.09. The molecule has 16 heavy (non-hydrogen) atoms. The molecule has 0 amide bonds. The molecule has 1 aromatic rings. The van der Waals surface area contributed by atoms with Gasteiger partial charge in [0.25, 0.3) is 0 Å². The Balaban J connectivity index is 2.18. The third-order valence-corrected chi connectivity index (χ3v) is 2.97. The highest BCUT2D eigenvalue weighted by molar-refractivity contribution is 5.68. The van der Waals surface area contributed by atoms with Crippen LogP contribution < -0.4 is 4.90 Å². The van der Waals surface area contributed by atoms with Crippen LogP contribution in [-0.4, -0.2) is 13.1 Å². The molecular formula is C15H20N. The molecule has 0 spiro atoms. The summed E-state index contributed by atoms with van der Waals surface area (Å²) in [6.07, 6.45) is 8.90. The molecule has 0 aromatic heterocycles. The number of hydrogen-bond acceptors (Lipinski definition) is 1. The Morgan fingerprint density at radius 3 is 2.44 bits per heavy atom. The Bertz CT molecular complexity index is 373. The summed E-state index contributed by atoms with van der Waals surface area (Å²) in [5.41, 5.74) is 4.06. The first-order chi connectivity index (χ1) is 7.85. The molecule has 0 N–H and O–H groups in total. The van der Waals surface area contributed by atoms with Crippen LogP contribution in [-0.2, 0) is 0 Å². The van der Waals surface area contributed by atoms with E-state index in [1.807, 2.05) is 0 Å². The zero-order chi connectivity index (χ0) is 11.4. The third-order valence-electron chi connectivity index (χ3n) is 2.97. The first-order valence-corrected chi connectivity index (χ1v) is 6.25. The summed E-state index contributed by atoms with van der Waals surface area (Å²) >= 11 is 0. The molecular weight excluding hydrogens is 194 g/mol. The maximum absolute atomic E-state index is 2.48. The second kappa shape index (κ2) is 5.20. The summed E-state index contributed by atoms with van der Waals surface area (Å²) in [5, 5.41) is 0. The minimum Gasteiger partial charge on any atom is -0.372 e. The number of rotatable bonds is 5. The fraction of sp³-hybridized carbons (Fsp3) is 0.400. The summed E-state index contributed by atoms with van der Waals surface area (Å²) < 4.78 is 0. The van der Waals surface area contributed by atoms with Crippen molar-refractivity contribution in [3.63, 3.8) is 0 Å². The lowest BCUT2D eigenvalue weighted by Gasteiger charge is -2.24. The van der Waals surface area contributed by atoms with Gasteiger partial charge in [-0.3, -0.25) is 0 Å². The molecule has 1 aromatic carbocycles. The van der Waals surface area contributed by atoms with E-state index < -0.39 is 0 Å². The van der Waals surface area contributed by atoms with E-state index in [-0.39, 0.29) is 0 Å². The molecule has 0 bridgehead atoms. The van der Waals surface area contributed by atoms with E-state index in [9.17, 15) is 0 Å². The number of hydrogen-bond donors (Lipinski definition) is 0. The molecule has 2 rings (SSSR count). The summed E-state index contributed by atoms with van der Waals surface area (Å²) in [7, 11) is 0. The number of nitrogens with zero attached hydrogens (tertiary/aromatic N) is 1. The minimum atomic E-state index is 1.15. The maximum atomic E-state index is 2.48. The van der Waals surface area contributed by atoms with Gasteiger partial charge in [-0.1, -0.05) is 32.1 Å². The molecule has 0 aliphatic heterocycles. The molecule has 1 nitrogen and oxygen atoms in total. The van der Waals surface area contributed by atoms with Gasteiger partial charge in [0.05, 0.1) is 0 Å². The van der Waals surface area contributed by atoms with Crippen molar-refractivity contribution in [2.45, 2.75) is 26.7 Å². The van der Waals surface area contributed by atoms with Gasteiger partial charge in [-0.15, -0.1) is 0 Å². The van der Waals surface area contributed by atoms with Crippen molar-refractivity contribution >= 4 is 11.8 Å². The Morgan fingerprint density at radius 1 is 1.00 bits per heavy atom. The smallest absolute Gasteiger partial charge is 0.0369 e. The van der Waals surface area contributed by atoms with Gasteiger partial charge < -0.3 is 4.90 Å². The van der Waals surface area contributed by atoms with Gasteiger partial charge in [-0.2, -0.15) is 0 Å². The molecule has 0 saturated carbocycles. The molecule has 0 saturated heterocycles. The van der Waals surface area contributed by atoms with Gasteiger partial charge >= 0.3 is 0 Å². The Kier molecular flexibility index (Phi) is 3.66. The summed E-state index contributed by atoms with van der Waals surface area (Å²) in [6.45, 7) is 6.79. The van der Waals surface area contributed by atoms with Crippen LogP contribution >= 0.6 is 0 Å². The van der Waals surface area contributed by atoms with Crippen molar-refractivity contribution in [2.24, 2.45) is 0 Å². The van der Waals surface area contributed by atoms with Crippen LogP contribution in [0.15, 0.2) is 24.3 Å². The van der Waals surface area contributed by atoms with Crippen LogP contribution in [0.2, 0.25) is 0 Å². The monoisotopic (exact) mass is 214 g/mol. The Morgan fingerprint density at radius 2 is 1.75 bits per heavy atom. The van der Waals surface area contributed by atoms with E-state index in [2.05, 4.69) is 55.5 Å². The van der Waals surface area contributed by atoms with E-state index in [0.29, 0.717) is 0 Å². The Hall–Kier alpha value is -1.24. The molecule has 0 atom stereocenters. The van der Waals surface area contributed by atoms with Gasteiger partial charge in [-0.25, -0.2) is 0 Å². The van der Waals surface area contributed by atoms with E-state index in [1.54, 1.807) is 0 Å². The SMILES string of the molecule is CCCN(CCC)c1ccc2c(c1)[CH]C=C2. The second-order valence-electron chi connectivity index (χ2n) is 4.33. The van der Waals surface area contributed by atoms with Crippen molar-refractivity contribution < 1.29 is 0 Å². The maximum Gasteiger partial charge on any atom is 0.0369 e. The van der Waals surface area contributed by atoms with Crippen LogP contribution in [0.5, 0.6) is 0 Å². The van der Waals surface area contributed by atoms with Gasteiger partial charge in [0, 0.05) is 25.2 Å². The van der Waals surface area contributed by atoms with Crippen molar-refractivity contribution in [1.29, 1.82) is 0 Å². The molecule has 85 valence electrons. The second-order valence-corrected chi connectivity index (χ2v) is 4.33. The largest absolute Gasteiger partial charge is 0.372 e. The van der Waals surface area contributed by atoms with Crippen LogP contribution in [0.4, 0.5) is 5.69 Å². The first kappa shape index (κ1) is 11.3. The normalized spacial score (nSPS) is 12.9. The topological polar surface area (TPSA) is 3.24 Å². The Labute approximate surface area is 98.8 Å². The zero-order valence-electron chi connectivity index (χ0n) is 10.2. The van der Waals surface area contributed by atoms with Crippen molar-refractivity contribution in [2.75, 3.05) is 18.0 Å². The third kappa shape index (κ3) is 2.29. The van der Waals surface area contributed by atoms with Gasteiger partial charge in [0.1, 0.15) is 0 Å². The molecule has 0 fully saturated rings. The average molecular weight is 214 g/mol. The lowest BCUT2D eigenvalue weighted by molar-refractivity contribution is 0.745. The van der Waals surface area contributed by atoms with Gasteiger partial charge in [0.2, 0.25) is 0 Å². The fourth-order valence-electron chi connectivity index (χ4n) is 2.22. The lowest BCUT2D eigenvalue weighted by atomic mass is 10.1. The minimum absolute atomic E-state index is 1.15. The van der Waals surface area contributed by atoms with Crippen molar-refractivity contribution in [3.8, 4) is 0 Å². The van der Waals surface area contributed by atoms with Crippen LogP contribution in [0, 0.1) is 6.42 Å². The quantitative estimate of drug-likeness (QED) is 0.718. The van der Waals surface area contributed by atoms with Crippen molar-refractivity contribution in [3.05, 3.63) is 41.8 Å². The number of benzene rings is 1. The molecule has 1 aliphatic rings. The molecule has 1 heteroatoms. The summed E-state index contributed by atoms with van der Waals surface area (Å²) in [4.78, 5) is 2.48. The highest BCUT2D eigenvalue weighted by Crippen LogP contribution is 2.26. The van der Waals surface area contributed by atoms with E-state index in [4.69, 9.17) is 0 Å². The zero-order valence-corrected chi connectivity index (χ0v) is 10.2. The van der Waals surface area contributed by atoms with E-state index in [1.165, 1.54) is 29.7 Å². The average Bonchev–Trinajstić information content (AvgIpc) is 2.75. The molecule has 0 heterocycles. The number of fused-ring (bicyclic) bond motifs is 1. The first-order valence-electron chi connectivity index (χ1n) is 6.25. The van der Waals surface area contributed by atoms with E-state index >= 15 is 0 Å². The van der Waals surface area contributed by atoms with E-state index in [0.717, 1.165) is 13.1 Å². The van der Waals surface area contributed by atoms with Crippen LogP contribution in [0.25, 0.3) is 6.08 Å². The van der Waals surface area contributed by atoms with Crippen molar-refractivity contribution in [1.82, 2.24) is 0 Å². The predicted octanol–water partition coefficient (Wildman–Crippen LogP) is 3.89. The molecule has 1 aliphatic carbocycles. The predicted molar refractivity (Wildman–Crippen MR) is 71.7 cm³/mol. The number of allylic oxidation sites excluding steroid dienone is 1. The van der Waals surface area contributed by atoms with Crippen LogP contribution in [0.3, 0.4) is 0 Å². The fourth-order valence-corrected chi connectivity index (χ4v) is 2.22.